The second-order valence-electron chi connectivity index (χ2n) is 5.16. The first kappa shape index (κ1) is 12.6. The van der Waals surface area contributed by atoms with Gasteiger partial charge >= 0.3 is 0 Å². The lowest BCUT2D eigenvalue weighted by molar-refractivity contribution is 0.428. The summed E-state index contributed by atoms with van der Waals surface area (Å²) >= 11 is 0. The van der Waals surface area contributed by atoms with Gasteiger partial charge in [0.2, 0.25) is 0 Å². The van der Waals surface area contributed by atoms with E-state index in [1.165, 1.54) is 0 Å². The summed E-state index contributed by atoms with van der Waals surface area (Å²) in [6.07, 6.45) is 6.46. The maximum atomic E-state index is 11.6. The maximum absolute atomic E-state index is 11.6. The van der Waals surface area contributed by atoms with E-state index in [-0.39, 0.29) is 23.5 Å². The fourth-order valence-electron chi connectivity index (χ4n) is 2.54. The van der Waals surface area contributed by atoms with Crippen molar-refractivity contribution in [3.05, 3.63) is 27.9 Å². The van der Waals surface area contributed by atoms with E-state index < -0.39 is 0 Å². The molecule has 2 aliphatic carbocycles. The third kappa shape index (κ3) is 2.38. The smallest absolute Gasteiger partial charge is 0.251 e. The van der Waals surface area contributed by atoms with Crippen LogP contribution in [0.1, 0.15) is 56.0 Å². The highest BCUT2D eigenvalue weighted by atomic mass is 35.5. The Bertz CT molecular complexity index is 461. The molecule has 1 aromatic rings. The predicted molar refractivity (Wildman–Crippen MR) is 68.4 cm³/mol. The van der Waals surface area contributed by atoms with Gasteiger partial charge in [-0.15, -0.1) is 12.4 Å². The van der Waals surface area contributed by atoms with Crippen LogP contribution in [0.3, 0.4) is 0 Å². The lowest BCUT2D eigenvalue weighted by Gasteiger charge is -2.22. The molecule has 1 heterocycles. The minimum atomic E-state index is -0.385. The van der Waals surface area contributed by atoms with E-state index in [9.17, 15) is 4.79 Å². The van der Waals surface area contributed by atoms with Crippen molar-refractivity contribution >= 4 is 12.4 Å². The minimum absolute atomic E-state index is 0. The van der Waals surface area contributed by atoms with Crippen LogP contribution in [0.15, 0.2) is 10.9 Å². The second kappa shape index (κ2) is 4.42. The zero-order valence-electron chi connectivity index (χ0n) is 9.74. The van der Waals surface area contributed by atoms with Gasteiger partial charge in [0.25, 0.3) is 5.56 Å². The van der Waals surface area contributed by atoms with E-state index in [1.807, 2.05) is 0 Å². The predicted octanol–water partition coefficient (Wildman–Crippen LogP) is 1.80. The zero-order valence-corrected chi connectivity index (χ0v) is 10.6. The Morgan fingerprint density at radius 1 is 1.35 bits per heavy atom. The lowest BCUT2D eigenvalue weighted by atomic mass is 9.98. The molecule has 5 heteroatoms. The highest BCUT2D eigenvalue weighted by Gasteiger charge is 2.35. The highest BCUT2D eigenvalue weighted by Crippen LogP contribution is 2.40. The molecule has 17 heavy (non-hydrogen) atoms. The number of hydrogen-bond donors (Lipinski definition) is 2. The van der Waals surface area contributed by atoms with Crippen molar-refractivity contribution in [2.75, 3.05) is 0 Å². The van der Waals surface area contributed by atoms with Gasteiger partial charge in [-0.2, -0.15) is 0 Å². The summed E-state index contributed by atoms with van der Waals surface area (Å²) < 4.78 is 0. The van der Waals surface area contributed by atoms with Crippen molar-refractivity contribution in [2.45, 2.75) is 50.0 Å². The molecule has 0 atom stereocenters. The summed E-state index contributed by atoms with van der Waals surface area (Å²) in [4.78, 5) is 19.0. The molecule has 2 fully saturated rings. The van der Waals surface area contributed by atoms with Crippen LogP contribution in [-0.4, -0.2) is 9.97 Å². The van der Waals surface area contributed by atoms with Crippen LogP contribution in [0.5, 0.6) is 0 Å². The fraction of sp³-hybridized carbons (Fsp3) is 0.667. The van der Waals surface area contributed by atoms with Crippen LogP contribution in [0.2, 0.25) is 0 Å². The van der Waals surface area contributed by atoms with Gasteiger partial charge in [0.05, 0.1) is 11.2 Å². The normalized spacial score (nSPS) is 22.2. The van der Waals surface area contributed by atoms with Crippen LogP contribution in [0.25, 0.3) is 0 Å². The standard InChI is InChI=1S/C12H17N3O.ClH/c13-12(5-1-2-6-12)11-14-9(8-3-4-8)7-10(16)15-11;/h7-8H,1-6,13H2,(H,14,15,16);1H. The largest absolute Gasteiger partial charge is 0.319 e. The van der Waals surface area contributed by atoms with Gasteiger partial charge in [0.15, 0.2) is 0 Å². The Morgan fingerprint density at radius 3 is 2.59 bits per heavy atom. The Labute approximate surface area is 106 Å². The number of rotatable bonds is 2. The molecular weight excluding hydrogens is 238 g/mol. The number of nitrogens with two attached hydrogens (primary N) is 1. The van der Waals surface area contributed by atoms with Crippen molar-refractivity contribution in [1.29, 1.82) is 0 Å². The second-order valence-corrected chi connectivity index (χ2v) is 5.16. The van der Waals surface area contributed by atoms with Gasteiger partial charge in [-0.25, -0.2) is 4.98 Å². The van der Waals surface area contributed by atoms with Crippen molar-refractivity contribution in [3.8, 4) is 0 Å². The van der Waals surface area contributed by atoms with Crippen molar-refractivity contribution in [3.63, 3.8) is 0 Å². The topological polar surface area (TPSA) is 71.8 Å². The fourth-order valence-corrected chi connectivity index (χ4v) is 2.54. The molecular formula is C12H18ClN3O. The number of nitrogens with one attached hydrogen (secondary N) is 1. The van der Waals surface area contributed by atoms with Gasteiger partial charge < -0.3 is 10.7 Å². The zero-order chi connectivity index (χ0) is 11.2. The van der Waals surface area contributed by atoms with Crippen LogP contribution in [0, 0.1) is 0 Å². The molecule has 0 radical (unpaired) electrons. The first-order chi connectivity index (χ1) is 7.67. The van der Waals surface area contributed by atoms with Crippen molar-refractivity contribution in [1.82, 2.24) is 9.97 Å². The Balaban J connectivity index is 0.00000108. The molecule has 0 saturated heterocycles. The number of H-pyrrole nitrogens is 1. The summed E-state index contributed by atoms with van der Waals surface area (Å²) in [5, 5.41) is 0. The Morgan fingerprint density at radius 2 is 2.00 bits per heavy atom. The maximum Gasteiger partial charge on any atom is 0.251 e. The summed E-state index contributed by atoms with van der Waals surface area (Å²) in [5.74, 6) is 1.21. The molecule has 3 N–H and O–H groups in total. The number of aromatic amines is 1. The van der Waals surface area contributed by atoms with Gasteiger partial charge in [0.1, 0.15) is 5.82 Å². The van der Waals surface area contributed by atoms with Crippen LogP contribution in [0.4, 0.5) is 0 Å². The molecule has 94 valence electrons. The van der Waals surface area contributed by atoms with Gasteiger partial charge in [-0.3, -0.25) is 4.79 Å². The molecule has 0 aliphatic heterocycles. The van der Waals surface area contributed by atoms with Crippen molar-refractivity contribution in [2.24, 2.45) is 5.73 Å². The third-order valence-corrected chi connectivity index (χ3v) is 3.72. The van der Waals surface area contributed by atoms with Crippen LogP contribution in [-0.2, 0) is 5.54 Å². The van der Waals surface area contributed by atoms with E-state index >= 15 is 0 Å². The third-order valence-electron chi connectivity index (χ3n) is 3.72. The summed E-state index contributed by atoms with van der Waals surface area (Å²) in [7, 11) is 0. The molecule has 2 aliphatic rings. The van der Waals surface area contributed by atoms with Gasteiger partial charge in [-0.05, 0) is 25.7 Å². The first-order valence-electron chi connectivity index (χ1n) is 6.08. The van der Waals surface area contributed by atoms with Crippen LogP contribution < -0.4 is 11.3 Å². The molecule has 3 rings (SSSR count). The number of nitrogens with zero attached hydrogens (tertiary/aromatic N) is 1. The minimum Gasteiger partial charge on any atom is -0.319 e. The molecule has 0 unspecified atom stereocenters. The van der Waals surface area contributed by atoms with E-state index in [2.05, 4.69) is 9.97 Å². The van der Waals surface area contributed by atoms with Gasteiger partial charge in [-0.1, -0.05) is 12.8 Å². The average molecular weight is 256 g/mol. The number of halogens is 1. The van der Waals surface area contributed by atoms with E-state index in [1.54, 1.807) is 6.07 Å². The van der Waals surface area contributed by atoms with E-state index in [4.69, 9.17) is 5.73 Å². The van der Waals surface area contributed by atoms with E-state index in [0.717, 1.165) is 44.2 Å². The molecule has 1 aromatic heterocycles. The first-order valence-corrected chi connectivity index (χ1v) is 6.08. The average Bonchev–Trinajstić information content (AvgIpc) is 3.01. The molecule has 4 nitrogen and oxygen atoms in total. The van der Waals surface area contributed by atoms with Gasteiger partial charge in [0, 0.05) is 12.0 Å². The van der Waals surface area contributed by atoms with Crippen molar-refractivity contribution < 1.29 is 0 Å². The molecule has 0 aromatic carbocycles. The monoisotopic (exact) mass is 255 g/mol. The summed E-state index contributed by atoms with van der Waals surface area (Å²) in [6.45, 7) is 0. The SMILES string of the molecule is Cl.NC1(c2nc(C3CC3)cc(=O)[nH]2)CCCC1. The van der Waals surface area contributed by atoms with Crippen LogP contribution >= 0.6 is 12.4 Å². The Kier molecular flexibility index (Phi) is 3.27. The van der Waals surface area contributed by atoms with E-state index in [0.29, 0.717) is 11.7 Å². The molecule has 0 spiro atoms. The summed E-state index contributed by atoms with van der Waals surface area (Å²) in [5.41, 5.74) is 6.81. The number of aromatic nitrogens is 2. The molecule has 2 saturated carbocycles. The molecule has 0 amide bonds. The Hall–Kier alpha value is -0.870. The molecule has 0 bridgehead atoms. The summed E-state index contributed by atoms with van der Waals surface area (Å²) in [6, 6.07) is 1.62. The quantitative estimate of drug-likeness (QED) is 0.846. The highest BCUT2D eigenvalue weighted by molar-refractivity contribution is 5.85. The number of hydrogen-bond acceptors (Lipinski definition) is 3. The lowest BCUT2D eigenvalue weighted by Crippen LogP contribution is -2.37.